The Morgan fingerprint density at radius 3 is 3.04 bits per heavy atom. The van der Waals surface area contributed by atoms with Crippen LogP contribution in [0.25, 0.3) is 0 Å². The number of carbonyl (C=O) groups excluding carboxylic acids is 1. The topological polar surface area (TPSA) is 77.7 Å². The van der Waals surface area contributed by atoms with Gasteiger partial charge in [0.05, 0.1) is 5.92 Å². The minimum absolute atomic E-state index is 0.00627. The molecule has 4 rings (SSSR count). The molecule has 1 saturated heterocycles. The number of nitrogens with zero attached hydrogens (tertiary/aromatic N) is 3. The number of amides is 1. The lowest BCUT2D eigenvalue weighted by atomic mass is 9.97. The first kappa shape index (κ1) is 15.0. The van der Waals surface area contributed by atoms with Crippen LogP contribution in [0.15, 0.2) is 22.7 Å². The van der Waals surface area contributed by atoms with Crippen LogP contribution >= 0.6 is 0 Å². The quantitative estimate of drug-likeness (QED) is 0.860. The van der Waals surface area contributed by atoms with Crippen molar-refractivity contribution >= 4 is 5.91 Å². The van der Waals surface area contributed by atoms with Crippen LogP contribution in [0, 0.1) is 0 Å². The molecule has 7 nitrogen and oxygen atoms in total. The Morgan fingerprint density at radius 2 is 2.21 bits per heavy atom. The Balaban J connectivity index is 1.50. The van der Waals surface area contributed by atoms with Crippen LogP contribution in [0.1, 0.15) is 47.8 Å². The molecule has 1 aromatic carbocycles. The van der Waals surface area contributed by atoms with Crippen molar-refractivity contribution in [1.82, 2.24) is 15.0 Å². The van der Waals surface area contributed by atoms with Gasteiger partial charge in [0, 0.05) is 25.1 Å². The van der Waals surface area contributed by atoms with Crippen molar-refractivity contribution in [3.05, 3.63) is 35.5 Å². The molecule has 24 heavy (non-hydrogen) atoms. The van der Waals surface area contributed by atoms with E-state index in [9.17, 15) is 4.79 Å². The molecule has 0 saturated carbocycles. The Kier molecular flexibility index (Phi) is 3.84. The van der Waals surface area contributed by atoms with E-state index in [2.05, 4.69) is 10.1 Å². The van der Waals surface area contributed by atoms with Crippen LogP contribution in [-0.2, 0) is 6.42 Å². The predicted octanol–water partition coefficient (Wildman–Crippen LogP) is 2.38. The van der Waals surface area contributed by atoms with Gasteiger partial charge in [-0.15, -0.1) is 0 Å². The van der Waals surface area contributed by atoms with Crippen LogP contribution in [0.3, 0.4) is 0 Å². The van der Waals surface area contributed by atoms with E-state index < -0.39 is 0 Å². The lowest BCUT2D eigenvalue weighted by molar-refractivity contribution is 0.0695. The number of benzene rings is 1. The molecule has 3 heterocycles. The number of piperidine rings is 1. The Labute approximate surface area is 139 Å². The van der Waals surface area contributed by atoms with Gasteiger partial charge in [-0.3, -0.25) is 4.79 Å². The average Bonchev–Trinajstić information content (AvgIpc) is 3.29. The first-order valence-corrected chi connectivity index (χ1v) is 8.26. The number of aromatic nitrogens is 2. The highest BCUT2D eigenvalue weighted by Crippen LogP contribution is 2.33. The normalized spacial score (nSPS) is 19.5. The Morgan fingerprint density at radius 1 is 1.33 bits per heavy atom. The maximum atomic E-state index is 12.8. The standard InChI is InChI=1S/C17H19N3O4/c1-2-15-18-16(24-19-15)12-4-3-7-20(9-12)17(21)11-5-6-13-14(8-11)23-10-22-13/h5-6,8,12H,2-4,7,9-10H2,1H3. The predicted molar refractivity (Wildman–Crippen MR) is 84.1 cm³/mol. The zero-order valence-electron chi connectivity index (χ0n) is 13.5. The molecular weight excluding hydrogens is 310 g/mol. The van der Waals surface area contributed by atoms with Crippen LogP contribution < -0.4 is 9.47 Å². The number of aryl methyl sites for hydroxylation is 1. The molecule has 2 aromatic rings. The lowest BCUT2D eigenvalue weighted by Gasteiger charge is -2.31. The fraction of sp³-hybridized carbons (Fsp3) is 0.471. The van der Waals surface area contributed by atoms with Gasteiger partial charge in [-0.2, -0.15) is 4.98 Å². The van der Waals surface area contributed by atoms with Crippen molar-refractivity contribution in [2.24, 2.45) is 0 Å². The molecule has 1 atom stereocenters. The van der Waals surface area contributed by atoms with E-state index in [1.54, 1.807) is 18.2 Å². The fourth-order valence-electron chi connectivity index (χ4n) is 3.15. The molecule has 2 aliphatic heterocycles. The molecule has 0 aliphatic carbocycles. The molecule has 0 bridgehead atoms. The highest BCUT2D eigenvalue weighted by Gasteiger charge is 2.29. The molecule has 7 heteroatoms. The third-order valence-electron chi connectivity index (χ3n) is 4.48. The van der Waals surface area contributed by atoms with Gasteiger partial charge in [-0.1, -0.05) is 12.1 Å². The van der Waals surface area contributed by atoms with Crippen molar-refractivity contribution in [1.29, 1.82) is 0 Å². The zero-order chi connectivity index (χ0) is 16.5. The molecule has 0 N–H and O–H groups in total. The maximum Gasteiger partial charge on any atom is 0.254 e. The number of ether oxygens (including phenoxy) is 2. The van der Waals surface area contributed by atoms with Gasteiger partial charge in [0.25, 0.3) is 5.91 Å². The summed E-state index contributed by atoms with van der Waals surface area (Å²) < 4.78 is 16.0. The molecular formula is C17H19N3O4. The van der Waals surface area contributed by atoms with E-state index in [1.165, 1.54) is 0 Å². The minimum Gasteiger partial charge on any atom is -0.454 e. The van der Waals surface area contributed by atoms with Crippen molar-refractivity contribution in [2.45, 2.75) is 32.1 Å². The third-order valence-corrected chi connectivity index (χ3v) is 4.48. The SMILES string of the molecule is CCc1noc(C2CCCN(C(=O)c3ccc4c(c3)OCO4)C2)n1. The van der Waals surface area contributed by atoms with Crippen molar-refractivity contribution in [3.8, 4) is 11.5 Å². The summed E-state index contributed by atoms with van der Waals surface area (Å²) in [6.45, 7) is 3.53. The van der Waals surface area contributed by atoms with Crippen molar-refractivity contribution in [3.63, 3.8) is 0 Å². The number of fused-ring (bicyclic) bond motifs is 1. The number of likely N-dealkylation sites (tertiary alicyclic amines) is 1. The van der Waals surface area contributed by atoms with Gasteiger partial charge in [-0.25, -0.2) is 0 Å². The first-order chi connectivity index (χ1) is 11.7. The second-order valence-electron chi connectivity index (χ2n) is 6.06. The summed E-state index contributed by atoms with van der Waals surface area (Å²) in [5.41, 5.74) is 0.611. The van der Waals surface area contributed by atoms with Gasteiger partial charge in [0.1, 0.15) is 0 Å². The summed E-state index contributed by atoms with van der Waals surface area (Å²) in [6, 6.07) is 5.31. The monoisotopic (exact) mass is 329 g/mol. The first-order valence-electron chi connectivity index (χ1n) is 8.26. The average molecular weight is 329 g/mol. The number of hydrogen-bond acceptors (Lipinski definition) is 6. The Bertz CT molecular complexity index is 758. The summed E-state index contributed by atoms with van der Waals surface area (Å²) >= 11 is 0. The van der Waals surface area contributed by atoms with Crippen LogP contribution in [0.2, 0.25) is 0 Å². The molecule has 126 valence electrons. The molecule has 2 aliphatic rings. The highest BCUT2D eigenvalue weighted by molar-refractivity contribution is 5.95. The largest absolute Gasteiger partial charge is 0.454 e. The fourth-order valence-corrected chi connectivity index (χ4v) is 3.15. The third kappa shape index (κ3) is 2.70. The Hall–Kier alpha value is -2.57. The summed E-state index contributed by atoms with van der Waals surface area (Å²) in [6.07, 6.45) is 2.62. The highest BCUT2D eigenvalue weighted by atomic mass is 16.7. The van der Waals surface area contributed by atoms with E-state index in [0.717, 1.165) is 25.8 Å². The summed E-state index contributed by atoms with van der Waals surface area (Å²) in [5, 5.41) is 3.96. The van der Waals surface area contributed by atoms with E-state index >= 15 is 0 Å². The van der Waals surface area contributed by atoms with Gasteiger partial charge in [-0.05, 0) is 31.0 Å². The summed E-state index contributed by atoms with van der Waals surface area (Å²) in [7, 11) is 0. The summed E-state index contributed by atoms with van der Waals surface area (Å²) in [4.78, 5) is 19.1. The minimum atomic E-state index is -0.00627. The smallest absolute Gasteiger partial charge is 0.254 e. The van der Waals surface area contributed by atoms with E-state index in [0.29, 0.717) is 35.3 Å². The van der Waals surface area contributed by atoms with Gasteiger partial charge in [0.15, 0.2) is 17.3 Å². The molecule has 0 spiro atoms. The molecule has 0 radical (unpaired) electrons. The summed E-state index contributed by atoms with van der Waals surface area (Å²) in [5.74, 6) is 2.75. The second kappa shape index (κ2) is 6.14. The van der Waals surface area contributed by atoms with Crippen molar-refractivity contribution in [2.75, 3.05) is 19.9 Å². The maximum absolute atomic E-state index is 12.8. The number of rotatable bonds is 3. The van der Waals surface area contributed by atoms with Crippen LogP contribution in [0.4, 0.5) is 0 Å². The van der Waals surface area contributed by atoms with Gasteiger partial charge in [0.2, 0.25) is 12.7 Å². The van der Waals surface area contributed by atoms with Crippen molar-refractivity contribution < 1.29 is 18.8 Å². The van der Waals surface area contributed by atoms with E-state index in [1.807, 2.05) is 11.8 Å². The van der Waals surface area contributed by atoms with Gasteiger partial charge < -0.3 is 18.9 Å². The van der Waals surface area contributed by atoms with Crippen LogP contribution in [0.5, 0.6) is 11.5 Å². The molecule has 1 unspecified atom stereocenters. The second-order valence-corrected chi connectivity index (χ2v) is 6.06. The molecule has 1 amide bonds. The molecule has 1 aromatic heterocycles. The number of carbonyl (C=O) groups is 1. The van der Waals surface area contributed by atoms with E-state index in [-0.39, 0.29) is 18.6 Å². The number of hydrogen-bond donors (Lipinski definition) is 0. The van der Waals surface area contributed by atoms with Gasteiger partial charge >= 0.3 is 0 Å². The lowest BCUT2D eigenvalue weighted by Crippen LogP contribution is -2.39. The zero-order valence-corrected chi connectivity index (χ0v) is 13.5. The van der Waals surface area contributed by atoms with Crippen LogP contribution in [-0.4, -0.2) is 40.8 Å². The van der Waals surface area contributed by atoms with E-state index in [4.69, 9.17) is 14.0 Å². The molecule has 1 fully saturated rings.